The lowest BCUT2D eigenvalue weighted by molar-refractivity contribution is 0.204. The van der Waals surface area contributed by atoms with Gasteiger partial charge in [-0.1, -0.05) is 12.1 Å². The molecule has 0 bridgehead atoms. The van der Waals surface area contributed by atoms with Crippen molar-refractivity contribution in [2.75, 3.05) is 12.0 Å². The van der Waals surface area contributed by atoms with E-state index in [2.05, 4.69) is 0 Å². The van der Waals surface area contributed by atoms with Crippen LogP contribution in [-0.2, 0) is 0 Å². The number of rotatable bonds is 3. The maximum absolute atomic E-state index is 12.9. The highest BCUT2D eigenvalue weighted by atomic mass is 32.2. The van der Waals surface area contributed by atoms with Gasteiger partial charge in [-0.3, -0.25) is 0 Å². The summed E-state index contributed by atoms with van der Waals surface area (Å²) in [6.45, 7) is 1.70. The molecule has 0 fully saturated rings. The molecule has 0 spiro atoms. The van der Waals surface area contributed by atoms with E-state index in [0.29, 0.717) is 11.3 Å². The van der Waals surface area contributed by atoms with Crippen LogP contribution < -0.4 is 0 Å². The van der Waals surface area contributed by atoms with E-state index < -0.39 is 6.10 Å². The van der Waals surface area contributed by atoms with Crippen molar-refractivity contribution in [3.05, 3.63) is 35.1 Å². The molecule has 1 atom stereocenters. The van der Waals surface area contributed by atoms with Crippen LogP contribution in [-0.4, -0.2) is 17.1 Å². The fourth-order valence-electron chi connectivity index (χ4n) is 1.13. The first kappa shape index (κ1) is 10.5. The molecular formula is C10H13FOS. The Morgan fingerprint density at radius 3 is 2.77 bits per heavy atom. The van der Waals surface area contributed by atoms with Gasteiger partial charge in [0.1, 0.15) is 5.82 Å². The molecule has 0 aliphatic carbocycles. The van der Waals surface area contributed by atoms with Gasteiger partial charge < -0.3 is 5.11 Å². The van der Waals surface area contributed by atoms with Gasteiger partial charge in [0.05, 0.1) is 6.10 Å². The molecule has 0 aliphatic heterocycles. The number of aliphatic hydroxyl groups is 1. The lowest BCUT2D eigenvalue weighted by atomic mass is 10.1. The van der Waals surface area contributed by atoms with E-state index in [-0.39, 0.29) is 5.82 Å². The SMILES string of the molecule is CSCC(O)c1ccc(F)c(C)c1. The standard InChI is InChI=1S/C10H13FOS/c1-7-5-8(3-4-9(7)11)10(12)6-13-2/h3-5,10,12H,6H2,1-2H3. The molecule has 1 rings (SSSR count). The number of halogens is 1. The molecule has 1 aromatic rings. The molecule has 1 N–H and O–H groups in total. The maximum atomic E-state index is 12.9. The van der Waals surface area contributed by atoms with E-state index in [1.165, 1.54) is 6.07 Å². The van der Waals surface area contributed by atoms with Gasteiger partial charge in [-0.05, 0) is 30.4 Å². The predicted octanol–water partition coefficient (Wildman–Crippen LogP) is 2.53. The van der Waals surface area contributed by atoms with Crippen molar-refractivity contribution in [3.8, 4) is 0 Å². The molecule has 13 heavy (non-hydrogen) atoms. The van der Waals surface area contributed by atoms with Crippen LogP contribution >= 0.6 is 11.8 Å². The van der Waals surface area contributed by atoms with Crippen molar-refractivity contribution in [2.45, 2.75) is 13.0 Å². The second-order valence-corrected chi connectivity index (χ2v) is 3.89. The molecular weight excluding hydrogens is 187 g/mol. The Bertz CT molecular complexity index is 288. The molecule has 1 unspecified atom stereocenters. The summed E-state index contributed by atoms with van der Waals surface area (Å²) in [4.78, 5) is 0. The number of benzene rings is 1. The summed E-state index contributed by atoms with van der Waals surface area (Å²) in [6, 6.07) is 4.72. The second kappa shape index (κ2) is 4.63. The molecule has 3 heteroatoms. The Hall–Kier alpha value is -0.540. The molecule has 1 aromatic carbocycles. The molecule has 0 saturated heterocycles. The lowest BCUT2D eigenvalue weighted by Gasteiger charge is -2.09. The Balaban J connectivity index is 2.84. The Morgan fingerprint density at radius 2 is 2.23 bits per heavy atom. The third-order valence-corrected chi connectivity index (χ3v) is 2.54. The minimum atomic E-state index is -0.491. The van der Waals surface area contributed by atoms with Gasteiger partial charge in [-0.15, -0.1) is 0 Å². The molecule has 72 valence electrons. The minimum Gasteiger partial charge on any atom is -0.388 e. The van der Waals surface area contributed by atoms with E-state index in [1.54, 1.807) is 30.8 Å². The third kappa shape index (κ3) is 2.71. The minimum absolute atomic E-state index is 0.222. The first-order valence-corrected chi connectivity index (χ1v) is 5.47. The number of hydrogen-bond acceptors (Lipinski definition) is 2. The van der Waals surface area contributed by atoms with Crippen molar-refractivity contribution in [1.82, 2.24) is 0 Å². The van der Waals surface area contributed by atoms with Gasteiger partial charge in [-0.25, -0.2) is 4.39 Å². The van der Waals surface area contributed by atoms with Crippen LogP contribution in [0.3, 0.4) is 0 Å². The van der Waals surface area contributed by atoms with Gasteiger partial charge in [-0.2, -0.15) is 11.8 Å². The summed E-state index contributed by atoms with van der Waals surface area (Å²) < 4.78 is 12.9. The normalized spacial score (nSPS) is 12.9. The van der Waals surface area contributed by atoms with Crippen molar-refractivity contribution >= 4 is 11.8 Å². The topological polar surface area (TPSA) is 20.2 Å². The zero-order valence-electron chi connectivity index (χ0n) is 7.75. The fraction of sp³-hybridized carbons (Fsp3) is 0.400. The monoisotopic (exact) mass is 200 g/mol. The zero-order chi connectivity index (χ0) is 9.84. The maximum Gasteiger partial charge on any atom is 0.126 e. The van der Waals surface area contributed by atoms with Gasteiger partial charge in [0, 0.05) is 5.75 Å². The Kier molecular flexibility index (Phi) is 3.75. The van der Waals surface area contributed by atoms with Gasteiger partial charge in [0.25, 0.3) is 0 Å². The third-order valence-electron chi connectivity index (χ3n) is 1.89. The summed E-state index contributed by atoms with van der Waals surface area (Å²) in [6.07, 6.45) is 1.44. The number of aliphatic hydroxyl groups excluding tert-OH is 1. The molecule has 0 amide bonds. The van der Waals surface area contributed by atoms with Crippen LogP contribution in [0.25, 0.3) is 0 Å². The van der Waals surface area contributed by atoms with Crippen LogP contribution in [0.5, 0.6) is 0 Å². The first-order chi connectivity index (χ1) is 6.15. The summed E-state index contributed by atoms with van der Waals surface area (Å²) in [7, 11) is 0. The molecule has 0 aliphatic rings. The highest BCUT2D eigenvalue weighted by Gasteiger charge is 2.07. The fourth-order valence-corrected chi connectivity index (χ4v) is 1.64. The van der Waals surface area contributed by atoms with Crippen LogP contribution in [0.4, 0.5) is 4.39 Å². The van der Waals surface area contributed by atoms with Crippen LogP contribution in [0.2, 0.25) is 0 Å². The largest absolute Gasteiger partial charge is 0.388 e. The Morgan fingerprint density at radius 1 is 1.54 bits per heavy atom. The average Bonchev–Trinajstić information content (AvgIpc) is 2.10. The summed E-state index contributed by atoms with van der Waals surface area (Å²) >= 11 is 1.57. The Labute approximate surface area is 82.0 Å². The van der Waals surface area contributed by atoms with Crippen molar-refractivity contribution in [2.24, 2.45) is 0 Å². The highest BCUT2D eigenvalue weighted by molar-refractivity contribution is 7.98. The number of aryl methyl sites for hydroxylation is 1. The number of hydrogen-bond donors (Lipinski definition) is 1. The zero-order valence-corrected chi connectivity index (χ0v) is 8.57. The van der Waals surface area contributed by atoms with Crippen LogP contribution in [0, 0.1) is 12.7 Å². The van der Waals surface area contributed by atoms with E-state index in [1.807, 2.05) is 6.26 Å². The van der Waals surface area contributed by atoms with Gasteiger partial charge in [0.15, 0.2) is 0 Å². The first-order valence-electron chi connectivity index (χ1n) is 4.08. The summed E-state index contributed by atoms with van der Waals surface area (Å²) in [5, 5.41) is 9.59. The van der Waals surface area contributed by atoms with Gasteiger partial charge >= 0.3 is 0 Å². The molecule has 0 aromatic heterocycles. The molecule has 0 saturated carbocycles. The van der Waals surface area contributed by atoms with Crippen molar-refractivity contribution in [3.63, 3.8) is 0 Å². The lowest BCUT2D eigenvalue weighted by Crippen LogP contribution is -2.01. The van der Waals surface area contributed by atoms with E-state index in [9.17, 15) is 9.50 Å². The molecule has 0 radical (unpaired) electrons. The highest BCUT2D eigenvalue weighted by Crippen LogP contribution is 2.19. The van der Waals surface area contributed by atoms with E-state index >= 15 is 0 Å². The summed E-state index contributed by atoms with van der Waals surface area (Å²) in [5.74, 6) is 0.422. The second-order valence-electron chi connectivity index (χ2n) is 2.98. The van der Waals surface area contributed by atoms with Gasteiger partial charge in [0.2, 0.25) is 0 Å². The predicted molar refractivity (Wildman–Crippen MR) is 54.5 cm³/mol. The quantitative estimate of drug-likeness (QED) is 0.809. The van der Waals surface area contributed by atoms with Crippen LogP contribution in [0.15, 0.2) is 18.2 Å². The van der Waals surface area contributed by atoms with E-state index in [0.717, 1.165) is 5.56 Å². The average molecular weight is 200 g/mol. The van der Waals surface area contributed by atoms with E-state index in [4.69, 9.17) is 0 Å². The van der Waals surface area contributed by atoms with Crippen LogP contribution in [0.1, 0.15) is 17.2 Å². The summed E-state index contributed by atoms with van der Waals surface area (Å²) in [5.41, 5.74) is 1.37. The molecule has 0 heterocycles. The number of thioether (sulfide) groups is 1. The smallest absolute Gasteiger partial charge is 0.126 e. The van der Waals surface area contributed by atoms with Crippen molar-refractivity contribution < 1.29 is 9.50 Å². The molecule has 1 nitrogen and oxygen atoms in total. The van der Waals surface area contributed by atoms with Crippen molar-refractivity contribution in [1.29, 1.82) is 0 Å².